The summed E-state index contributed by atoms with van der Waals surface area (Å²) in [6, 6.07) is 17.0. The van der Waals surface area contributed by atoms with Crippen molar-refractivity contribution in [3.8, 4) is 0 Å². The second-order valence-electron chi connectivity index (χ2n) is 6.84. The van der Waals surface area contributed by atoms with Gasteiger partial charge < -0.3 is 15.5 Å². The van der Waals surface area contributed by atoms with Crippen molar-refractivity contribution < 1.29 is 9.59 Å². The Hall–Kier alpha value is -2.34. The predicted octanol–water partition coefficient (Wildman–Crippen LogP) is 5.35. The maximum atomic E-state index is 12.7. The molecule has 0 aliphatic carbocycles. The van der Waals surface area contributed by atoms with Gasteiger partial charge >= 0.3 is 6.03 Å². The van der Waals surface area contributed by atoms with E-state index in [2.05, 4.69) is 26.6 Å². The second-order valence-corrected chi connectivity index (χ2v) is 7.75. The van der Waals surface area contributed by atoms with Crippen molar-refractivity contribution in [2.75, 3.05) is 11.9 Å². The molecule has 0 bridgehead atoms. The molecule has 5 nitrogen and oxygen atoms in total. The Morgan fingerprint density at radius 2 is 1.68 bits per heavy atom. The number of hydrogen-bond acceptors (Lipinski definition) is 2. The zero-order chi connectivity index (χ0) is 20.5. The van der Waals surface area contributed by atoms with Crippen LogP contribution in [0.4, 0.5) is 10.5 Å². The highest BCUT2D eigenvalue weighted by atomic mass is 79.9. The van der Waals surface area contributed by atoms with Gasteiger partial charge in [0.15, 0.2) is 0 Å². The van der Waals surface area contributed by atoms with E-state index in [-0.39, 0.29) is 30.4 Å². The van der Waals surface area contributed by atoms with E-state index < -0.39 is 0 Å². The second kappa shape index (κ2) is 10.9. The largest absolute Gasteiger partial charge is 0.350 e. The van der Waals surface area contributed by atoms with Crippen LogP contribution in [0.3, 0.4) is 0 Å². The number of carbonyl (C=O) groups excluding carboxylic acids is 2. The van der Waals surface area contributed by atoms with E-state index >= 15 is 0 Å². The normalized spacial score (nSPS) is 12.7. The first-order valence-electron chi connectivity index (χ1n) is 9.58. The van der Waals surface area contributed by atoms with Gasteiger partial charge in [-0.2, -0.15) is 0 Å². The summed E-state index contributed by atoms with van der Waals surface area (Å²) in [6.07, 6.45) is 1.07. The summed E-state index contributed by atoms with van der Waals surface area (Å²) >= 11 is 3.38. The number of rotatable bonds is 8. The zero-order valence-corrected chi connectivity index (χ0v) is 18.2. The van der Waals surface area contributed by atoms with Crippen LogP contribution in [0.1, 0.15) is 45.2 Å². The first-order chi connectivity index (χ1) is 13.4. The summed E-state index contributed by atoms with van der Waals surface area (Å²) in [5.41, 5.74) is 1.78. The van der Waals surface area contributed by atoms with E-state index in [0.717, 1.165) is 22.1 Å². The van der Waals surface area contributed by atoms with Crippen molar-refractivity contribution in [1.82, 2.24) is 10.2 Å². The van der Waals surface area contributed by atoms with Gasteiger partial charge in [0.2, 0.25) is 5.91 Å². The molecule has 28 heavy (non-hydrogen) atoms. The molecular weight excluding hydrogens is 418 g/mol. The van der Waals surface area contributed by atoms with Crippen LogP contribution in [0, 0.1) is 0 Å². The van der Waals surface area contributed by atoms with Crippen molar-refractivity contribution in [2.45, 2.75) is 45.7 Å². The standard InChI is InChI=1S/C22H28BrN3O2/c1-4-16(2)26(22(28)25-20-12-10-19(23)11-13-20)15-14-21(27)24-17(3)18-8-6-5-7-9-18/h5-13,16-17H,4,14-15H2,1-3H3,(H,24,27)(H,25,28). The van der Waals surface area contributed by atoms with Crippen molar-refractivity contribution in [1.29, 1.82) is 0 Å². The molecule has 0 aliphatic heterocycles. The molecule has 2 atom stereocenters. The van der Waals surface area contributed by atoms with Crippen LogP contribution in [0.2, 0.25) is 0 Å². The lowest BCUT2D eigenvalue weighted by Crippen LogP contribution is -2.43. The zero-order valence-electron chi connectivity index (χ0n) is 16.6. The molecule has 2 aromatic rings. The molecule has 2 aromatic carbocycles. The maximum Gasteiger partial charge on any atom is 0.322 e. The third kappa shape index (κ3) is 6.68. The van der Waals surface area contributed by atoms with Crippen LogP contribution >= 0.6 is 15.9 Å². The number of nitrogens with zero attached hydrogens (tertiary/aromatic N) is 1. The molecule has 0 aliphatic rings. The smallest absolute Gasteiger partial charge is 0.322 e. The third-order valence-corrected chi connectivity index (χ3v) is 5.26. The van der Waals surface area contributed by atoms with Crippen LogP contribution in [0.15, 0.2) is 59.1 Å². The molecule has 6 heteroatoms. The summed E-state index contributed by atoms with van der Waals surface area (Å²) in [7, 11) is 0. The van der Waals surface area contributed by atoms with Gasteiger partial charge in [-0.1, -0.05) is 53.2 Å². The number of hydrogen-bond donors (Lipinski definition) is 2. The SMILES string of the molecule is CCC(C)N(CCC(=O)NC(C)c1ccccc1)C(=O)Nc1ccc(Br)cc1. The lowest BCUT2D eigenvalue weighted by Gasteiger charge is -2.29. The van der Waals surface area contributed by atoms with Crippen LogP contribution in [0.25, 0.3) is 0 Å². The fourth-order valence-corrected chi connectivity index (χ4v) is 3.10. The molecule has 3 amide bonds. The average molecular weight is 446 g/mol. The van der Waals surface area contributed by atoms with Crippen LogP contribution in [-0.2, 0) is 4.79 Å². The van der Waals surface area contributed by atoms with Crippen molar-refractivity contribution in [2.24, 2.45) is 0 Å². The van der Waals surface area contributed by atoms with Gasteiger partial charge in [-0.15, -0.1) is 0 Å². The van der Waals surface area contributed by atoms with E-state index in [4.69, 9.17) is 0 Å². The lowest BCUT2D eigenvalue weighted by molar-refractivity contribution is -0.122. The highest BCUT2D eigenvalue weighted by Gasteiger charge is 2.20. The van der Waals surface area contributed by atoms with Crippen LogP contribution in [-0.4, -0.2) is 29.4 Å². The fraction of sp³-hybridized carbons (Fsp3) is 0.364. The molecule has 2 unspecified atom stereocenters. The van der Waals surface area contributed by atoms with Gasteiger partial charge in [-0.25, -0.2) is 4.79 Å². The van der Waals surface area contributed by atoms with Gasteiger partial charge in [0.1, 0.15) is 0 Å². The van der Waals surface area contributed by atoms with E-state index in [9.17, 15) is 9.59 Å². The van der Waals surface area contributed by atoms with Crippen molar-refractivity contribution in [3.63, 3.8) is 0 Å². The van der Waals surface area contributed by atoms with E-state index in [1.165, 1.54) is 0 Å². The predicted molar refractivity (Wildman–Crippen MR) is 117 cm³/mol. The van der Waals surface area contributed by atoms with Gasteiger partial charge in [-0.05, 0) is 50.1 Å². The highest BCUT2D eigenvalue weighted by molar-refractivity contribution is 9.10. The summed E-state index contributed by atoms with van der Waals surface area (Å²) in [5, 5.41) is 5.91. The van der Waals surface area contributed by atoms with Gasteiger partial charge in [0, 0.05) is 29.2 Å². The molecular formula is C22H28BrN3O2. The summed E-state index contributed by atoms with van der Waals surface area (Å²) < 4.78 is 0.952. The Kier molecular flexibility index (Phi) is 8.51. The van der Waals surface area contributed by atoms with Gasteiger partial charge in [0.05, 0.1) is 6.04 Å². The summed E-state index contributed by atoms with van der Waals surface area (Å²) in [5.74, 6) is -0.0684. The molecule has 0 heterocycles. The van der Waals surface area contributed by atoms with Crippen LogP contribution in [0.5, 0.6) is 0 Å². The maximum absolute atomic E-state index is 12.7. The monoisotopic (exact) mass is 445 g/mol. The Balaban J connectivity index is 1.93. The Morgan fingerprint density at radius 3 is 2.29 bits per heavy atom. The first kappa shape index (κ1) is 22.0. The molecule has 0 fully saturated rings. The third-order valence-electron chi connectivity index (χ3n) is 4.74. The molecule has 0 saturated carbocycles. The minimum atomic E-state index is -0.194. The van der Waals surface area contributed by atoms with Crippen molar-refractivity contribution in [3.05, 3.63) is 64.6 Å². The number of anilines is 1. The minimum Gasteiger partial charge on any atom is -0.350 e. The molecule has 2 rings (SSSR count). The number of benzene rings is 2. The highest BCUT2D eigenvalue weighted by Crippen LogP contribution is 2.16. The Labute approximate surface area is 175 Å². The topological polar surface area (TPSA) is 61.4 Å². The van der Waals surface area contributed by atoms with Crippen molar-refractivity contribution >= 4 is 33.6 Å². The molecule has 2 N–H and O–H groups in total. The van der Waals surface area contributed by atoms with Gasteiger partial charge in [-0.3, -0.25) is 4.79 Å². The van der Waals surface area contributed by atoms with Crippen LogP contribution < -0.4 is 10.6 Å². The number of amides is 3. The summed E-state index contributed by atoms with van der Waals surface area (Å²) in [6.45, 7) is 6.35. The van der Waals surface area contributed by atoms with Gasteiger partial charge in [0.25, 0.3) is 0 Å². The number of halogens is 1. The quantitative estimate of drug-likeness (QED) is 0.575. The van der Waals surface area contributed by atoms with E-state index in [0.29, 0.717) is 6.54 Å². The number of nitrogens with one attached hydrogen (secondary N) is 2. The van der Waals surface area contributed by atoms with E-state index in [1.54, 1.807) is 4.90 Å². The molecule has 0 radical (unpaired) electrons. The first-order valence-corrected chi connectivity index (χ1v) is 10.4. The number of urea groups is 1. The molecule has 0 aromatic heterocycles. The summed E-state index contributed by atoms with van der Waals surface area (Å²) in [4.78, 5) is 26.8. The minimum absolute atomic E-state index is 0.0368. The average Bonchev–Trinajstić information content (AvgIpc) is 2.70. The number of carbonyl (C=O) groups is 2. The Bertz CT molecular complexity index is 765. The van der Waals surface area contributed by atoms with E-state index in [1.807, 2.05) is 75.4 Å². The molecule has 0 saturated heterocycles. The molecule has 150 valence electrons. The lowest BCUT2D eigenvalue weighted by atomic mass is 10.1. The fourth-order valence-electron chi connectivity index (χ4n) is 2.83. The molecule has 0 spiro atoms. The Morgan fingerprint density at radius 1 is 1.04 bits per heavy atom.